The number of nitrogens with zero attached hydrogens (tertiary/aromatic N) is 2. The molecule has 0 unspecified atom stereocenters. The quantitative estimate of drug-likeness (QED) is 0.166. The van der Waals surface area contributed by atoms with Crippen molar-refractivity contribution in [3.63, 3.8) is 0 Å². The third-order valence-corrected chi connectivity index (χ3v) is 8.34. The van der Waals surface area contributed by atoms with Crippen LogP contribution in [0.4, 0.5) is 0 Å². The second kappa shape index (κ2) is 16.4. The molecular formula is C41H39N3O7. The van der Waals surface area contributed by atoms with Gasteiger partial charge in [0.25, 0.3) is 5.91 Å². The number of pyridine rings is 2. The molecule has 0 radical (unpaired) electrons. The molecule has 0 fully saturated rings. The van der Waals surface area contributed by atoms with Crippen LogP contribution in [0, 0.1) is 5.92 Å². The summed E-state index contributed by atoms with van der Waals surface area (Å²) in [5, 5.41) is 12.8. The number of fused-ring (bicyclic) bond motifs is 2. The third-order valence-electron chi connectivity index (χ3n) is 8.34. The van der Waals surface area contributed by atoms with E-state index in [1.807, 2.05) is 103 Å². The average Bonchev–Trinajstić information content (AvgIpc) is 3.14. The summed E-state index contributed by atoms with van der Waals surface area (Å²) >= 11 is 0. The predicted octanol–water partition coefficient (Wildman–Crippen LogP) is 6.12. The zero-order valence-corrected chi connectivity index (χ0v) is 28.6. The first-order valence-electron chi connectivity index (χ1n) is 16.5. The standard InChI is InChI=1S/C24H26N2O4.C17H13NO3/c1-16(2)13-20(24(29)30-3)25-23(28)19-15-26(14-17-9-5-4-6-10-17)21-12-8-7-11-18(21)22(19)27;19-16-13-8-4-5-9-15(13)18(11-14(16)17(20)21)10-12-6-2-1-3-7-12/h4-12,15-16,20H,13-14H2,1-3H3,(H,25,28);1-9,11H,10H2,(H,20,21)/t20-;/m0./s1. The van der Waals surface area contributed by atoms with Gasteiger partial charge in [0, 0.05) is 36.3 Å². The van der Waals surface area contributed by atoms with Gasteiger partial charge in [0.05, 0.1) is 18.1 Å². The summed E-state index contributed by atoms with van der Waals surface area (Å²) in [6.45, 7) is 4.92. The van der Waals surface area contributed by atoms with Crippen LogP contribution in [0.1, 0.15) is 52.1 Å². The molecule has 0 saturated carbocycles. The number of para-hydroxylation sites is 2. The molecule has 1 amide bonds. The molecule has 0 aliphatic carbocycles. The average molecular weight is 686 g/mol. The highest BCUT2D eigenvalue weighted by Gasteiger charge is 2.25. The van der Waals surface area contributed by atoms with Gasteiger partial charge < -0.3 is 24.3 Å². The van der Waals surface area contributed by atoms with E-state index >= 15 is 0 Å². The Morgan fingerprint density at radius 1 is 0.667 bits per heavy atom. The van der Waals surface area contributed by atoms with Crippen LogP contribution in [0.15, 0.2) is 131 Å². The van der Waals surface area contributed by atoms with Crippen molar-refractivity contribution in [1.29, 1.82) is 0 Å². The summed E-state index contributed by atoms with van der Waals surface area (Å²) in [6.07, 6.45) is 3.40. The van der Waals surface area contributed by atoms with Gasteiger partial charge in [-0.1, -0.05) is 98.8 Å². The number of carboxylic acid groups (broad SMARTS) is 1. The number of rotatable bonds is 10. The fraction of sp³-hybridized carbons (Fsp3) is 0.195. The van der Waals surface area contributed by atoms with Crippen molar-refractivity contribution in [2.75, 3.05) is 7.11 Å². The molecule has 0 aliphatic heterocycles. The minimum Gasteiger partial charge on any atom is -0.477 e. The number of benzene rings is 4. The zero-order chi connectivity index (χ0) is 36.5. The Balaban J connectivity index is 0.000000210. The lowest BCUT2D eigenvalue weighted by atomic mass is 10.0. The number of amides is 1. The van der Waals surface area contributed by atoms with Gasteiger partial charge in [-0.2, -0.15) is 0 Å². The number of hydrogen-bond donors (Lipinski definition) is 2. The number of aromatic carboxylic acids is 1. The van der Waals surface area contributed by atoms with Crippen LogP contribution in [0.2, 0.25) is 0 Å². The molecule has 1 atom stereocenters. The molecule has 6 aromatic rings. The van der Waals surface area contributed by atoms with E-state index in [0.29, 0.717) is 30.3 Å². The Morgan fingerprint density at radius 2 is 1.10 bits per heavy atom. The number of ether oxygens (including phenoxy) is 1. The minimum atomic E-state index is -1.20. The second-order valence-electron chi connectivity index (χ2n) is 12.5. The first-order chi connectivity index (χ1) is 24.6. The largest absolute Gasteiger partial charge is 0.477 e. The molecule has 0 saturated heterocycles. The number of nitrogens with one attached hydrogen (secondary N) is 1. The molecule has 51 heavy (non-hydrogen) atoms. The fourth-order valence-corrected chi connectivity index (χ4v) is 5.89. The van der Waals surface area contributed by atoms with Crippen LogP contribution in [-0.4, -0.2) is 45.2 Å². The van der Waals surface area contributed by atoms with E-state index in [0.717, 1.165) is 22.2 Å². The molecule has 0 bridgehead atoms. The summed E-state index contributed by atoms with van der Waals surface area (Å²) in [4.78, 5) is 61.6. The maximum absolute atomic E-state index is 13.0. The van der Waals surface area contributed by atoms with Crippen LogP contribution >= 0.6 is 0 Å². The van der Waals surface area contributed by atoms with E-state index in [-0.39, 0.29) is 22.5 Å². The minimum absolute atomic E-state index is 0.00212. The van der Waals surface area contributed by atoms with Gasteiger partial charge >= 0.3 is 11.9 Å². The van der Waals surface area contributed by atoms with E-state index in [9.17, 15) is 29.1 Å². The molecule has 260 valence electrons. The smallest absolute Gasteiger partial charge is 0.341 e. The highest BCUT2D eigenvalue weighted by Crippen LogP contribution is 2.16. The third kappa shape index (κ3) is 8.66. The number of carboxylic acids is 1. The van der Waals surface area contributed by atoms with Crippen molar-refractivity contribution in [3.05, 3.63) is 164 Å². The number of aromatic nitrogens is 2. The van der Waals surface area contributed by atoms with Crippen molar-refractivity contribution < 1.29 is 24.2 Å². The summed E-state index contributed by atoms with van der Waals surface area (Å²) in [7, 11) is 1.28. The van der Waals surface area contributed by atoms with Gasteiger partial charge in [0.2, 0.25) is 10.9 Å². The van der Waals surface area contributed by atoms with Gasteiger partial charge in [-0.25, -0.2) is 9.59 Å². The number of esters is 1. The topological polar surface area (TPSA) is 137 Å². The molecular weight excluding hydrogens is 646 g/mol. The lowest BCUT2D eigenvalue weighted by Crippen LogP contribution is -2.43. The van der Waals surface area contributed by atoms with Gasteiger partial charge in [-0.15, -0.1) is 0 Å². The molecule has 2 N–H and O–H groups in total. The number of methoxy groups -OCH3 is 1. The lowest BCUT2D eigenvalue weighted by Gasteiger charge is -2.19. The van der Waals surface area contributed by atoms with Crippen LogP contribution < -0.4 is 16.2 Å². The number of carbonyl (C=O) groups is 3. The van der Waals surface area contributed by atoms with Gasteiger partial charge in [0.1, 0.15) is 17.2 Å². The molecule has 10 nitrogen and oxygen atoms in total. The van der Waals surface area contributed by atoms with Crippen molar-refractivity contribution in [3.8, 4) is 0 Å². The Kier molecular flexibility index (Phi) is 11.6. The van der Waals surface area contributed by atoms with Crippen LogP contribution in [0.5, 0.6) is 0 Å². The number of carbonyl (C=O) groups excluding carboxylic acids is 2. The van der Waals surface area contributed by atoms with E-state index < -0.39 is 29.3 Å². The van der Waals surface area contributed by atoms with Crippen molar-refractivity contribution in [1.82, 2.24) is 14.5 Å². The van der Waals surface area contributed by atoms with Crippen LogP contribution in [0.25, 0.3) is 21.8 Å². The summed E-state index contributed by atoms with van der Waals surface area (Å²) < 4.78 is 8.50. The second-order valence-corrected chi connectivity index (χ2v) is 12.5. The van der Waals surface area contributed by atoms with Crippen LogP contribution in [-0.2, 0) is 22.6 Å². The molecule has 0 aliphatic rings. The Morgan fingerprint density at radius 3 is 1.55 bits per heavy atom. The highest BCUT2D eigenvalue weighted by atomic mass is 16.5. The molecule has 0 spiro atoms. The van der Waals surface area contributed by atoms with E-state index in [2.05, 4.69) is 5.32 Å². The van der Waals surface area contributed by atoms with E-state index in [1.165, 1.54) is 13.3 Å². The molecule has 4 aromatic carbocycles. The summed E-state index contributed by atoms with van der Waals surface area (Å²) in [5.74, 6) is -2.14. The first-order valence-corrected chi connectivity index (χ1v) is 16.5. The van der Waals surface area contributed by atoms with Crippen molar-refractivity contribution in [2.24, 2.45) is 5.92 Å². The van der Waals surface area contributed by atoms with Gasteiger partial charge in [-0.3, -0.25) is 14.4 Å². The normalized spacial score (nSPS) is 11.5. The molecule has 6 rings (SSSR count). The van der Waals surface area contributed by atoms with Gasteiger partial charge in [-0.05, 0) is 47.7 Å². The molecule has 2 heterocycles. The van der Waals surface area contributed by atoms with Crippen molar-refractivity contribution >= 4 is 39.7 Å². The Bertz CT molecular complexity index is 2290. The monoisotopic (exact) mass is 685 g/mol. The predicted molar refractivity (Wildman–Crippen MR) is 197 cm³/mol. The molecule has 2 aromatic heterocycles. The fourth-order valence-electron chi connectivity index (χ4n) is 5.89. The Hall–Kier alpha value is -6.29. The maximum Gasteiger partial charge on any atom is 0.341 e. The highest BCUT2D eigenvalue weighted by molar-refractivity contribution is 5.99. The van der Waals surface area contributed by atoms with Crippen LogP contribution in [0.3, 0.4) is 0 Å². The molecule has 10 heteroatoms. The summed E-state index contributed by atoms with van der Waals surface area (Å²) in [6, 6.07) is 33.0. The van der Waals surface area contributed by atoms with E-state index in [1.54, 1.807) is 35.0 Å². The number of hydrogen-bond acceptors (Lipinski definition) is 6. The maximum atomic E-state index is 13.0. The SMILES string of the molecule is COC(=O)[C@H](CC(C)C)NC(=O)c1cn(Cc2ccccc2)c2ccccc2c1=O.O=C(O)c1cn(Cc2ccccc2)c2ccccc2c1=O. The lowest BCUT2D eigenvalue weighted by molar-refractivity contribution is -0.143. The Labute approximate surface area is 294 Å². The zero-order valence-electron chi connectivity index (χ0n) is 28.6. The van der Waals surface area contributed by atoms with E-state index in [4.69, 9.17) is 4.74 Å². The first kappa shape index (κ1) is 36.0. The van der Waals surface area contributed by atoms with Gasteiger partial charge in [0.15, 0.2) is 0 Å². The summed E-state index contributed by atoms with van der Waals surface area (Å²) in [5.41, 5.74) is 2.56. The van der Waals surface area contributed by atoms with Crippen molar-refractivity contribution in [2.45, 2.75) is 39.4 Å².